The summed E-state index contributed by atoms with van der Waals surface area (Å²) in [5.74, 6) is -0.0973. The van der Waals surface area contributed by atoms with Crippen LogP contribution in [0.2, 0.25) is 0 Å². The molecule has 152 valence electrons. The minimum Gasteiger partial charge on any atom is -0.385 e. The number of nitrogens with zero attached hydrogens (tertiary/aromatic N) is 2. The Kier molecular flexibility index (Phi) is 5.47. The predicted octanol–water partition coefficient (Wildman–Crippen LogP) is 3.40. The van der Waals surface area contributed by atoms with E-state index in [-0.39, 0.29) is 17.9 Å². The summed E-state index contributed by atoms with van der Waals surface area (Å²) in [6.07, 6.45) is 6.34. The molecule has 28 heavy (non-hydrogen) atoms. The molecule has 2 aromatic rings. The Morgan fingerprint density at radius 3 is 2.89 bits per heavy atom. The molecule has 0 bridgehead atoms. The van der Waals surface area contributed by atoms with E-state index in [2.05, 4.69) is 5.32 Å². The number of ether oxygens (including phenoxy) is 1. The average molecular weight is 404 g/mol. The Balaban J connectivity index is 1.65. The van der Waals surface area contributed by atoms with E-state index < -0.39 is 5.54 Å². The van der Waals surface area contributed by atoms with Crippen LogP contribution < -0.4 is 5.32 Å². The van der Waals surface area contributed by atoms with Crippen LogP contribution in [0.5, 0.6) is 0 Å². The highest BCUT2D eigenvalue weighted by Gasteiger charge is 2.47. The molecule has 1 fully saturated rings. The Morgan fingerprint density at radius 1 is 1.36 bits per heavy atom. The number of fused-ring (bicyclic) bond motifs is 3. The molecule has 0 unspecified atom stereocenters. The molecule has 4 rings (SSSR count). The fourth-order valence-electron chi connectivity index (χ4n) is 4.58. The summed E-state index contributed by atoms with van der Waals surface area (Å²) in [6.45, 7) is 3.48. The molecular formula is C21H29N3O3S. The number of methoxy groups -OCH3 is 1. The fourth-order valence-corrected chi connectivity index (χ4v) is 5.40. The van der Waals surface area contributed by atoms with E-state index in [9.17, 15) is 9.59 Å². The molecule has 3 heterocycles. The van der Waals surface area contributed by atoms with Gasteiger partial charge in [-0.05, 0) is 43.7 Å². The Labute approximate surface area is 169 Å². The quantitative estimate of drug-likeness (QED) is 0.752. The normalized spacial score (nSPS) is 23.2. The van der Waals surface area contributed by atoms with Crippen molar-refractivity contribution in [3.05, 3.63) is 23.2 Å². The third-order valence-electron chi connectivity index (χ3n) is 6.21. The van der Waals surface area contributed by atoms with Gasteiger partial charge in [0.1, 0.15) is 11.2 Å². The summed E-state index contributed by atoms with van der Waals surface area (Å²) in [7, 11) is 1.66. The number of carbonyl (C=O) groups excluding carboxylic acids is 2. The first-order chi connectivity index (χ1) is 13.5. The van der Waals surface area contributed by atoms with Crippen LogP contribution in [0.1, 0.15) is 55.9 Å². The lowest BCUT2D eigenvalue weighted by Gasteiger charge is -2.45. The summed E-state index contributed by atoms with van der Waals surface area (Å²) in [5.41, 5.74) is 0.826. The third kappa shape index (κ3) is 3.35. The van der Waals surface area contributed by atoms with E-state index in [4.69, 9.17) is 4.74 Å². The predicted molar refractivity (Wildman–Crippen MR) is 111 cm³/mol. The van der Waals surface area contributed by atoms with Crippen molar-refractivity contribution in [3.63, 3.8) is 0 Å². The summed E-state index contributed by atoms with van der Waals surface area (Å²) in [5, 5.41) is 5.29. The monoisotopic (exact) mass is 403 g/mol. The standard InChI is InChI=1S/C21H29N3O3S/c1-21(20(26)22-15-7-4-3-5-8-15)14-23-16-9-12-28-18(16)13-17(23)19(25)24(21)10-6-11-27-2/h9,12-13,15H,3-8,10-11,14H2,1-2H3,(H,22,26)/t21-/m0/s1. The van der Waals surface area contributed by atoms with Crippen LogP contribution in [0.15, 0.2) is 17.5 Å². The van der Waals surface area contributed by atoms with Crippen LogP contribution in [-0.2, 0) is 16.1 Å². The molecule has 1 N–H and O–H groups in total. The minimum absolute atomic E-state index is 0.0344. The number of nitrogens with one attached hydrogen (secondary N) is 1. The molecular weight excluding hydrogens is 374 g/mol. The maximum absolute atomic E-state index is 13.4. The summed E-state index contributed by atoms with van der Waals surface area (Å²) < 4.78 is 8.31. The first-order valence-corrected chi connectivity index (χ1v) is 11.1. The molecule has 2 aromatic heterocycles. The lowest BCUT2D eigenvalue weighted by atomic mass is 9.91. The molecule has 1 atom stereocenters. The number of carbonyl (C=O) groups is 2. The second-order valence-electron chi connectivity index (χ2n) is 8.17. The van der Waals surface area contributed by atoms with Gasteiger partial charge in [-0.25, -0.2) is 0 Å². The van der Waals surface area contributed by atoms with Crippen LogP contribution in [0.3, 0.4) is 0 Å². The van der Waals surface area contributed by atoms with Crippen molar-refractivity contribution < 1.29 is 14.3 Å². The van der Waals surface area contributed by atoms with Gasteiger partial charge in [0.05, 0.1) is 16.8 Å². The van der Waals surface area contributed by atoms with E-state index in [0.717, 1.165) is 35.9 Å². The van der Waals surface area contributed by atoms with Crippen molar-refractivity contribution in [2.75, 3.05) is 20.3 Å². The first kappa shape index (κ1) is 19.5. The molecule has 1 aliphatic carbocycles. The molecule has 6 nitrogen and oxygen atoms in total. The Morgan fingerprint density at radius 2 is 2.14 bits per heavy atom. The molecule has 2 aliphatic rings. The van der Waals surface area contributed by atoms with Crippen LogP contribution in [0.4, 0.5) is 0 Å². The number of aromatic nitrogens is 1. The summed E-state index contributed by atoms with van der Waals surface area (Å²) in [6, 6.07) is 4.22. The Hall–Kier alpha value is -1.86. The fraction of sp³-hybridized carbons (Fsp3) is 0.619. The minimum atomic E-state index is -0.900. The zero-order valence-corrected chi connectivity index (χ0v) is 17.5. The van der Waals surface area contributed by atoms with Crippen molar-refractivity contribution in [2.24, 2.45) is 0 Å². The van der Waals surface area contributed by atoms with Crippen LogP contribution in [0.25, 0.3) is 10.2 Å². The third-order valence-corrected chi connectivity index (χ3v) is 7.06. The topological polar surface area (TPSA) is 63.6 Å². The van der Waals surface area contributed by atoms with Gasteiger partial charge in [0, 0.05) is 26.3 Å². The van der Waals surface area contributed by atoms with E-state index in [1.807, 2.05) is 29.0 Å². The second-order valence-corrected chi connectivity index (χ2v) is 9.12. The number of thiophene rings is 1. The molecule has 1 saturated carbocycles. The van der Waals surface area contributed by atoms with Gasteiger partial charge in [0.15, 0.2) is 0 Å². The highest BCUT2D eigenvalue weighted by molar-refractivity contribution is 7.17. The summed E-state index contributed by atoms with van der Waals surface area (Å²) in [4.78, 5) is 28.6. The van der Waals surface area contributed by atoms with Crippen LogP contribution in [-0.4, -0.2) is 53.1 Å². The van der Waals surface area contributed by atoms with Gasteiger partial charge >= 0.3 is 0 Å². The SMILES string of the molecule is COCCCN1C(=O)c2cc3sccc3n2C[C@@]1(C)C(=O)NC1CCCCC1. The molecule has 0 spiro atoms. The second kappa shape index (κ2) is 7.87. The summed E-state index contributed by atoms with van der Waals surface area (Å²) >= 11 is 1.63. The average Bonchev–Trinajstić information content (AvgIpc) is 3.28. The lowest BCUT2D eigenvalue weighted by molar-refractivity contribution is -0.133. The van der Waals surface area contributed by atoms with Crippen molar-refractivity contribution in [2.45, 2.75) is 63.6 Å². The van der Waals surface area contributed by atoms with E-state index >= 15 is 0 Å². The van der Waals surface area contributed by atoms with Crippen molar-refractivity contribution >= 4 is 33.4 Å². The van der Waals surface area contributed by atoms with Crippen LogP contribution in [0, 0.1) is 0 Å². The van der Waals surface area contributed by atoms with Crippen molar-refractivity contribution in [1.82, 2.24) is 14.8 Å². The van der Waals surface area contributed by atoms with Gasteiger partial charge < -0.3 is 19.5 Å². The van der Waals surface area contributed by atoms with Crippen molar-refractivity contribution in [1.29, 1.82) is 0 Å². The van der Waals surface area contributed by atoms with Gasteiger partial charge in [0.2, 0.25) is 5.91 Å². The Bertz CT molecular complexity index is 867. The smallest absolute Gasteiger partial charge is 0.271 e. The van der Waals surface area contributed by atoms with Gasteiger partial charge in [-0.15, -0.1) is 11.3 Å². The molecule has 0 radical (unpaired) electrons. The van der Waals surface area contributed by atoms with E-state index in [1.54, 1.807) is 23.3 Å². The molecule has 0 saturated heterocycles. The van der Waals surface area contributed by atoms with Gasteiger partial charge in [-0.3, -0.25) is 9.59 Å². The molecule has 1 aliphatic heterocycles. The lowest BCUT2D eigenvalue weighted by Crippen LogP contribution is -2.65. The maximum atomic E-state index is 13.4. The molecule has 2 amide bonds. The highest BCUT2D eigenvalue weighted by atomic mass is 32.1. The molecule has 7 heteroatoms. The van der Waals surface area contributed by atoms with Gasteiger partial charge in [-0.2, -0.15) is 0 Å². The zero-order chi connectivity index (χ0) is 19.7. The number of amides is 2. The van der Waals surface area contributed by atoms with E-state index in [1.165, 1.54) is 6.42 Å². The first-order valence-electron chi connectivity index (χ1n) is 10.2. The van der Waals surface area contributed by atoms with Crippen LogP contribution >= 0.6 is 11.3 Å². The van der Waals surface area contributed by atoms with Crippen molar-refractivity contribution in [3.8, 4) is 0 Å². The number of hydrogen-bond acceptors (Lipinski definition) is 4. The molecule has 0 aromatic carbocycles. The number of rotatable bonds is 6. The van der Waals surface area contributed by atoms with Gasteiger partial charge in [-0.1, -0.05) is 19.3 Å². The van der Waals surface area contributed by atoms with E-state index in [0.29, 0.717) is 31.8 Å². The number of hydrogen-bond donors (Lipinski definition) is 1. The highest BCUT2D eigenvalue weighted by Crippen LogP contribution is 2.34. The van der Waals surface area contributed by atoms with Gasteiger partial charge in [0.25, 0.3) is 5.91 Å². The maximum Gasteiger partial charge on any atom is 0.271 e. The zero-order valence-electron chi connectivity index (χ0n) is 16.7. The largest absolute Gasteiger partial charge is 0.385 e.